The van der Waals surface area contributed by atoms with E-state index in [1.54, 1.807) is 18.2 Å². The Kier molecular flexibility index (Phi) is 3.03. The van der Waals surface area contributed by atoms with E-state index in [-0.39, 0.29) is 11.7 Å². The number of hydrogen-bond acceptors (Lipinski definition) is 2. The molecule has 0 saturated heterocycles. The van der Waals surface area contributed by atoms with E-state index in [9.17, 15) is 4.79 Å². The SMILES string of the molecule is Nc1cc(Cl)ccc1C(=O)C1CC1c1ccccc1. The minimum Gasteiger partial charge on any atom is -0.398 e. The summed E-state index contributed by atoms with van der Waals surface area (Å²) in [5.41, 5.74) is 8.16. The van der Waals surface area contributed by atoms with Crippen LogP contribution >= 0.6 is 11.6 Å². The van der Waals surface area contributed by atoms with Gasteiger partial charge in [0, 0.05) is 22.2 Å². The molecule has 2 nitrogen and oxygen atoms in total. The van der Waals surface area contributed by atoms with Crippen LogP contribution in [-0.2, 0) is 0 Å². The molecule has 19 heavy (non-hydrogen) atoms. The van der Waals surface area contributed by atoms with Gasteiger partial charge in [-0.3, -0.25) is 4.79 Å². The largest absolute Gasteiger partial charge is 0.398 e. The van der Waals surface area contributed by atoms with Crippen molar-refractivity contribution in [2.45, 2.75) is 12.3 Å². The fraction of sp³-hybridized carbons (Fsp3) is 0.188. The number of anilines is 1. The normalized spacial score (nSPS) is 21.1. The summed E-state index contributed by atoms with van der Waals surface area (Å²) in [5, 5.41) is 0.560. The molecule has 3 heteroatoms. The molecule has 0 bridgehead atoms. The number of ketones is 1. The number of halogens is 1. The second kappa shape index (κ2) is 4.71. The lowest BCUT2D eigenvalue weighted by Crippen LogP contribution is -2.06. The number of rotatable bonds is 3. The molecule has 2 N–H and O–H groups in total. The van der Waals surface area contributed by atoms with E-state index < -0.39 is 0 Å². The summed E-state index contributed by atoms with van der Waals surface area (Å²) in [7, 11) is 0. The third kappa shape index (κ3) is 2.36. The Morgan fingerprint density at radius 2 is 1.89 bits per heavy atom. The Balaban J connectivity index is 1.80. The first-order valence-electron chi connectivity index (χ1n) is 6.31. The zero-order chi connectivity index (χ0) is 13.4. The molecule has 2 aromatic rings. The van der Waals surface area contributed by atoms with Gasteiger partial charge < -0.3 is 5.73 Å². The van der Waals surface area contributed by atoms with Crippen molar-refractivity contribution < 1.29 is 4.79 Å². The number of carbonyl (C=O) groups is 1. The van der Waals surface area contributed by atoms with Gasteiger partial charge in [-0.2, -0.15) is 0 Å². The fourth-order valence-corrected chi connectivity index (χ4v) is 2.69. The Bertz CT molecular complexity index is 624. The third-order valence-corrected chi connectivity index (χ3v) is 3.87. The van der Waals surface area contributed by atoms with Crippen LogP contribution in [0.2, 0.25) is 5.02 Å². The van der Waals surface area contributed by atoms with Crippen LogP contribution in [0.3, 0.4) is 0 Å². The van der Waals surface area contributed by atoms with Crippen molar-refractivity contribution >= 4 is 23.1 Å². The zero-order valence-corrected chi connectivity index (χ0v) is 11.1. The molecule has 2 aromatic carbocycles. The van der Waals surface area contributed by atoms with Crippen LogP contribution in [0.4, 0.5) is 5.69 Å². The van der Waals surface area contributed by atoms with Crippen molar-refractivity contribution in [2.75, 3.05) is 5.73 Å². The van der Waals surface area contributed by atoms with Gasteiger partial charge >= 0.3 is 0 Å². The lowest BCUT2D eigenvalue weighted by molar-refractivity contribution is 0.0966. The molecule has 3 rings (SSSR count). The van der Waals surface area contributed by atoms with Gasteiger partial charge in [0.1, 0.15) is 0 Å². The van der Waals surface area contributed by atoms with Crippen LogP contribution in [0.25, 0.3) is 0 Å². The first-order valence-corrected chi connectivity index (χ1v) is 6.69. The molecule has 1 aliphatic rings. The summed E-state index contributed by atoms with van der Waals surface area (Å²) in [6.07, 6.45) is 0.908. The van der Waals surface area contributed by atoms with Crippen LogP contribution in [-0.4, -0.2) is 5.78 Å². The highest BCUT2D eigenvalue weighted by molar-refractivity contribution is 6.31. The van der Waals surface area contributed by atoms with Crippen LogP contribution in [0.15, 0.2) is 48.5 Å². The van der Waals surface area contributed by atoms with Crippen molar-refractivity contribution in [1.82, 2.24) is 0 Å². The number of nitrogen functional groups attached to an aromatic ring is 1. The van der Waals surface area contributed by atoms with Crippen molar-refractivity contribution in [2.24, 2.45) is 5.92 Å². The Labute approximate surface area is 117 Å². The summed E-state index contributed by atoms with van der Waals surface area (Å²) in [6.45, 7) is 0. The molecule has 0 aliphatic heterocycles. The average molecular weight is 272 g/mol. The monoisotopic (exact) mass is 271 g/mol. The summed E-state index contributed by atoms with van der Waals surface area (Å²) in [6, 6.07) is 15.2. The van der Waals surface area contributed by atoms with Crippen LogP contribution in [0, 0.1) is 5.92 Å². The number of benzene rings is 2. The van der Waals surface area contributed by atoms with Crippen LogP contribution in [0.5, 0.6) is 0 Å². The second-order valence-corrected chi connectivity index (χ2v) is 5.39. The first-order chi connectivity index (χ1) is 9.16. The minimum absolute atomic E-state index is 0.0610. The fourth-order valence-electron chi connectivity index (χ4n) is 2.51. The van der Waals surface area contributed by atoms with E-state index in [2.05, 4.69) is 12.1 Å². The number of Topliss-reactive ketones (excluding diaryl/α,β-unsaturated/α-hetero) is 1. The molecule has 2 atom stereocenters. The van der Waals surface area contributed by atoms with Gasteiger partial charge in [-0.1, -0.05) is 41.9 Å². The van der Waals surface area contributed by atoms with Crippen molar-refractivity contribution in [3.05, 3.63) is 64.7 Å². The minimum atomic E-state index is 0.0610. The predicted octanol–water partition coefficient (Wildman–Crippen LogP) is 3.91. The standard InChI is InChI=1S/C16H14ClNO/c17-11-6-7-12(15(18)8-11)16(19)14-9-13(14)10-4-2-1-3-5-10/h1-8,13-14H,9,18H2. The maximum absolute atomic E-state index is 12.4. The molecule has 0 radical (unpaired) electrons. The van der Waals surface area contributed by atoms with E-state index in [0.717, 1.165) is 6.42 Å². The van der Waals surface area contributed by atoms with Crippen molar-refractivity contribution in [3.63, 3.8) is 0 Å². The Hall–Kier alpha value is -1.80. The van der Waals surface area contributed by atoms with E-state index in [1.165, 1.54) is 5.56 Å². The van der Waals surface area contributed by atoms with Crippen LogP contribution in [0.1, 0.15) is 28.3 Å². The average Bonchev–Trinajstić information content (AvgIpc) is 3.19. The molecule has 1 fully saturated rings. The quantitative estimate of drug-likeness (QED) is 0.679. The van der Waals surface area contributed by atoms with Gasteiger partial charge in [0.25, 0.3) is 0 Å². The van der Waals surface area contributed by atoms with E-state index in [1.807, 2.05) is 18.2 Å². The molecule has 1 aliphatic carbocycles. The highest BCUT2D eigenvalue weighted by Crippen LogP contribution is 2.49. The van der Waals surface area contributed by atoms with Gasteiger partial charge in [0.2, 0.25) is 0 Å². The predicted molar refractivity (Wildman–Crippen MR) is 77.5 cm³/mol. The number of carbonyl (C=O) groups excluding carboxylic acids is 1. The van der Waals surface area contributed by atoms with Gasteiger partial charge in [0.15, 0.2) is 5.78 Å². The lowest BCUT2D eigenvalue weighted by Gasteiger charge is -2.05. The molecule has 0 amide bonds. The van der Waals surface area contributed by atoms with Crippen molar-refractivity contribution in [1.29, 1.82) is 0 Å². The van der Waals surface area contributed by atoms with E-state index in [0.29, 0.717) is 22.2 Å². The third-order valence-electron chi connectivity index (χ3n) is 3.63. The lowest BCUT2D eigenvalue weighted by atomic mass is 10.0. The smallest absolute Gasteiger partial charge is 0.168 e. The topological polar surface area (TPSA) is 43.1 Å². The molecule has 2 unspecified atom stereocenters. The van der Waals surface area contributed by atoms with Crippen LogP contribution < -0.4 is 5.73 Å². The molecule has 0 spiro atoms. The number of hydrogen-bond donors (Lipinski definition) is 1. The summed E-state index contributed by atoms with van der Waals surface area (Å²) >= 11 is 5.85. The van der Waals surface area contributed by atoms with Gasteiger partial charge in [-0.25, -0.2) is 0 Å². The molecule has 0 aromatic heterocycles. The van der Waals surface area contributed by atoms with Gasteiger partial charge in [-0.15, -0.1) is 0 Å². The second-order valence-electron chi connectivity index (χ2n) is 4.96. The molecule has 0 heterocycles. The maximum atomic E-state index is 12.4. The summed E-state index contributed by atoms with van der Waals surface area (Å²) in [5.74, 6) is 0.526. The van der Waals surface area contributed by atoms with E-state index >= 15 is 0 Å². The highest BCUT2D eigenvalue weighted by atomic mass is 35.5. The Morgan fingerprint density at radius 1 is 1.16 bits per heavy atom. The first kappa shape index (κ1) is 12.2. The Morgan fingerprint density at radius 3 is 2.58 bits per heavy atom. The van der Waals surface area contributed by atoms with E-state index in [4.69, 9.17) is 17.3 Å². The summed E-state index contributed by atoms with van der Waals surface area (Å²) in [4.78, 5) is 12.4. The van der Waals surface area contributed by atoms with Crippen molar-refractivity contribution in [3.8, 4) is 0 Å². The molecule has 1 saturated carbocycles. The molecular formula is C16H14ClNO. The molecule has 96 valence electrons. The summed E-state index contributed by atoms with van der Waals surface area (Å²) < 4.78 is 0. The van der Waals surface area contributed by atoms with Gasteiger partial charge in [-0.05, 0) is 36.1 Å². The number of nitrogens with two attached hydrogens (primary N) is 1. The maximum Gasteiger partial charge on any atom is 0.168 e. The molecular weight excluding hydrogens is 258 g/mol. The van der Waals surface area contributed by atoms with Gasteiger partial charge in [0.05, 0.1) is 0 Å². The zero-order valence-electron chi connectivity index (χ0n) is 10.3. The highest BCUT2D eigenvalue weighted by Gasteiger charge is 2.44.